The number of benzene rings is 3. The molecule has 15 heteroatoms. The molecular formula is C26H24F6N4O5. The van der Waals surface area contributed by atoms with Crippen LogP contribution in [0.5, 0.6) is 0 Å². The van der Waals surface area contributed by atoms with Crippen molar-refractivity contribution in [2.45, 2.75) is 25.6 Å². The summed E-state index contributed by atoms with van der Waals surface area (Å²) >= 11 is 0. The molecule has 9 nitrogen and oxygen atoms in total. The maximum atomic E-state index is 10.6. The number of nitrogen functional groups attached to an aromatic ring is 2. The lowest BCUT2D eigenvalue weighted by Gasteiger charge is -2.11. The van der Waals surface area contributed by atoms with E-state index in [0.29, 0.717) is 24.3 Å². The van der Waals surface area contributed by atoms with Crippen LogP contribution in [-0.4, -0.2) is 46.2 Å². The zero-order valence-electron chi connectivity index (χ0n) is 20.9. The highest BCUT2D eigenvalue weighted by Gasteiger charge is 2.38. The van der Waals surface area contributed by atoms with Crippen LogP contribution in [0.15, 0.2) is 72.8 Å². The van der Waals surface area contributed by atoms with Crippen molar-refractivity contribution >= 4 is 23.6 Å². The van der Waals surface area contributed by atoms with Crippen molar-refractivity contribution in [1.29, 1.82) is 10.8 Å². The number of nitrogens with one attached hydrogen (secondary N) is 2. The van der Waals surface area contributed by atoms with Crippen LogP contribution in [0.25, 0.3) is 11.1 Å². The lowest BCUT2D eigenvalue weighted by molar-refractivity contribution is -0.193. The first kappa shape index (κ1) is 34.1. The van der Waals surface area contributed by atoms with Crippen LogP contribution in [0.4, 0.5) is 26.3 Å². The summed E-state index contributed by atoms with van der Waals surface area (Å²) in [5.41, 5.74) is 16.7. The maximum absolute atomic E-state index is 10.6. The van der Waals surface area contributed by atoms with Crippen LogP contribution < -0.4 is 11.5 Å². The Bertz CT molecular complexity index is 1320. The number of carbonyl (C=O) groups is 2. The fraction of sp³-hybridized carbons (Fsp3) is 0.154. The molecule has 0 unspecified atom stereocenters. The van der Waals surface area contributed by atoms with Gasteiger partial charge in [0.05, 0.1) is 13.2 Å². The lowest BCUT2D eigenvalue weighted by Crippen LogP contribution is -2.21. The molecule has 3 aromatic rings. The van der Waals surface area contributed by atoms with Gasteiger partial charge in [-0.3, -0.25) is 10.8 Å². The second-order valence-corrected chi connectivity index (χ2v) is 7.86. The summed E-state index contributed by atoms with van der Waals surface area (Å²) in [7, 11) is 0. The van der Waals surface area contributed by atoms with Gasteiger partial charge >= 0.3 is 24.3 Å². The summed E-state index contributed by atoms with van der Waals surface area (Å²) in [6, 6.07) is 23.2. The van der Waals surface area contributed by atoms with Crippen molar-refractivity contribution in [1.82, 2.24) is 0 Å². The highest BCUT2D eigenvalue weighted by Crippen LogP contribution is 2.25. The number of amidine groups is 2. The molecule has 0 saturated heterocycles. The van der Waals surface area contributed by atoms with E-state index in [-0.39, 0.29) is 11.7 Å². The Morgan fingerprint density at radius 2 is 1.07 bits per heavy atom. The smallest absolute Gasteiger partial charge is 0.475 e. The fourth-order valence-electron chi connectivity index (χ4n) is 2.82. The van der Waals surface area contributed by atoms with Crippen LogP contribution in [0.3, 0.4) is 0 Å². The van der Waals surface area contributed by atoms with E-state index in [2.05, 4.69) is 6.07 Å². The molecule has 0 amide bonds. The Morgan fingerprint density at radius 1 is 0.683 bits per heavy atom. The summed E-state index contributed by atoms with van der Waals surface area (Å²) < 4.78 is 69.4. The van der Waals surface area contributed by atoms with Gasteiger partial charge in [-0.05, 0) is 22.3 Å². The summed E-state index contributed by atoms with van der Waals surface area (Å²) in [4.78, 5) is 17.8. The van der Waals surface area contributed by atoms with Gasteiger partial charge in [0.1, 0.15) is 11.7 Å². The van der Waals surface area contributed by atoms with Gasteiger partial charge in [-0.15, -0.1) is 0 Å². The van der Waals surface area contributed by atoms with Crippen molar-refractivity contribution in [3.05, 3.63) is 95.1 Å². The molecule has 0 atom stereocenters. The highest BCUT2D eigenvalue weighted by molar-refractivity contribution is 5.95. The molecule has 8 N–H and O–H groups in total. The van der Waals surface area contributed by atoms with Crippen molar-refractivity contribution in [2.24, 2.45) is 11.5 Å². The molecule has 0 aliphatic rings. The largest absolute Gasteiger partial charge is 0.490 e. The number of halogens is 6. The van der Waals surface area contributed by atoms with Crippen LogP contribution in [-0.2, 0) is 27.5 Å². The minimum atomic E-state index is -5.08. The number of alkyl halides is 6. The fourth-order valence-corrected chi connectivity index (χ4v) is 2.82. The Hall–Kier alpha value is -4.92. The minimum Gasteiger partial charge on any atom is -0.475 e. The Kier molecular flexibility index (Phi) is 12.5. The van der Waals surface area contributed by atoms with Crippen molar-refractivity contribution in [2.75, 3.05) is 0 Å². The number of rotatable bonds is 7. The molecule has 0 aliphatic carbocycles. The number of carboxylic acid groups (broad SMARTS) is 2. The van der Waals surface area contributed by atoms with Crippen molar-refractivity contribution < 1.29 is 50.9 Å². The first-order valence-corrected chi connectivity index (χ1v) is 11.1. The summed E-state index contributed by atoms with van der Waals surface area (Å²) in [6.07, 6.45) is -10.2. The van der Waals surface area contributed by atoms with Gasteiger partial charge in [-0.2, -0.15) is 26.3 Å². The molecule has 0 radical (unpaired) electrons. The van der Waals surface area contributed by atoms with E-state index in [1.165, 1.54) is 0 Å². The third-order valence-corrected chi connectivity index (χ3v) is 4.80. The van der Waals surface area contributed by atoms with Gasteiger partial charge in [0.15, 0.2) is 0 Å². The maximum Gasteiger partial charge on any atom is 0.490 e. The molecule has 0 fully saturated rings. The topological polar surface area (TPSA) is 184 Å². The third-order valence-electron chi connectivity index (χ3n) is 4.80. The van der Waals surface area contributed by atoms with Gasteiger partial charge in [0, 0.05) is 11.1 Å². The van der Waals surface area contributed by atoms with Crippen LogP contribution in [0.2, 0.25) is 0 Å². The lowest BCUT2D eigenvalue weighted by atomic mass is 9.99. The van der Waals surface area contributed by atoms with Crippen molar-refractivity contribution in [3.8, 4) is 11.1 Å². The highest BCUT2D eigenvalue weighted by atomic mass is 19.4. The van der Waals surface area contributed by atoms with E-state index in [9.17, 15) is 26.3 Å². The molecule has 0 aromatic heterocycles. The molecule has 41 heavy (non-hydrogen) atoms. The standard InChI is InChI=1S/C22H22N4O.2C2HF3O2/c23-21(24)17-7-5-15(6-8-17)13-27-14-19-3-1-2-4-20(19)16-9-11-18(12-10-16)22(25)26;2*3-2(4,5)1(6)7/h1-12H,13-14H2,(H3,23,24)(H3,25,26);2*(H,6,7). The van der Waals surface area contributed by atoms with E-state index in [1.54, 1.807) is 0 Å². The molecule has 0 heterocycles. The second-order valence-electron chi connectivity index (χ2n) is 7.86. The Balaban J connectivity index is 0.000000497. The first-order chi connectivity index (χ1) is 18.9. The van der Waals surface area contributed by atoms with Gasteiger partial charge in [0.25, 0.3) is 0 Å². The summed E-state index contributed by atoms with van der Waals surface area (Å²) in [6.45, 7) is 0.967. The molecule has 0 saturated carbocycles. The molecule has 0 aliphatic heterocycles. The van der Waals surface area contributed by atoms with E-state index >= 15 is 0 Å². The first-order valence-electron chi connectivity index (χ1n) is 11.1. The number of carboxylic acids is 2. The molecule has 3 rings (SSSR count). The van der Waals surface area contributed by atoms with Gasteiger partial charge in [-0.1, -0.05) is 72.8 Å². The summed E-state index contributed by atoms with van der Waals surface area (Å²) in [5, 5.41) is 29.2. The molecule has 0 bridgehead atoms. The van der Waals surface area contributed by atoms with Crippen molar-refractivity contribution in [3.63, 3.8) is 0 Å². The molecule has 3 aromatic carbocycles. The van der Waals surface area contributed by atoms with E-state index < -0.39 is 24.3 Å². The van der Waals surface area contributed by atoms with Gasteiger partial charge in [-0.25, -0.2) is 9.59 Å². The number of ether oxygens (including phenoxy) is 1. The van der Waals surface area contributed by atoms with Gasteiger partial charge < -0.3 is 26.4 Å². The average molecular weight is 586 g/mol. The monoisotopic (exact) mass is 586 g/mol. The number of aliphatic carboxylic acids is 2. The van der Waals surface area contributed by atoms with Gasteiger partial charge in [0.2, 0.25) is 0 Å². The number of hydrogen-bond donors (Lipinski definition) is 6. The zero-order chi connectivity index (χ0) is 31.4. The van der Waals surface area contributed by atoms with E-state index in [1.807, 2.05) is 66.7 Å². The van der Waals surface area contributed by atoms with E-state index in [4.69, 9.17) is 46.8 Å². The minimum absolute atomic E-state index is 0.0622. The molecule has 220 valence electrons. The zero-order valence-corrected chi connectivity index (χ0v) is 20.9. The Morgan fingerprint density at radius 3 is 1.46 bits per heavy atom. The normalized spacial score (nSPS) is 10.8. The number of nitrogens with two attached hydrogens (primary N) is 2. The average Bonchev–Trinajstić information content (AvgIpc) is 2.89. The SMILES string of the molecule is N=C(N)c1ccc(COCc2ccccc2-c2ccc(C(=N)N)cc2)cc1.O=C(O)C(F)(F)F.O=C(O)C(F)(F)F. The van der Waals surface area contributed by atoms with Crippen LogP contribution >= 0.6 is 0 Å². The third kappa shape index (κ3) is 12.2. The van der Waals surface area contributed by atoms with Crippen LogP contribution in [0, 0.1) is 10.8 Å². The van der Waals surface area contributed by atoms with E-state index in [0.717, 1.165) is 22.3 Å². The Labute approximate surface area is 229 Å². The summed E-state index contributed by atoms with van der Waals surface area (Å²) in [5.74, 6) is -5.39. The van der Waals surface area contributed by atoms with Crippen LogP contribution in [0.1, 0.15) is 22.3 Å². The second kappa shape index (κ2) is 15.0. The predicted octanol–water partition coefficient (Wildman–Crippen LogP) is 4.91. The molecular weight excluding hydrogens is 562 g/mol. The molecule has 0 spiro atoms. The number of hydrogen-bond acceptors (Lipinski definition) is 5. The quantitative estimate of drug-likeness (QED) is 0.129. The predicted molar refractivity (Wildman–Crippen MR) is 136 cm³/mol.